The van der Waals surface area contributed by atoms with Crippen LogP contribution in [0, 0.1) is 0 Å². The molecule has 0 aliphatic rings. The fourth-order valence-electron chi connectivity index (χ4n) is 2.53. The molecule has 0 fully saturated rings. The molecule has 84 valence electrons. The van der Waals surface area contributed by atoms with Crippen LogP contribution in [0.2, 0.25) is 23.7 Å². The maximum Gasteiger partial charge on any atom is 0.217 e. The Kier molecular flexibility index (Phi) is 6.08. The molecule has 0 aromatic carbocycles. The van der Waals surface area contributed by atoms with E-state index in [2.05, 4.69) is 27.7 Å². The summed E-state index contributed by atoms with van der Waals surface area (Å²) in [5.41, 5.74) is 5.73. The highest BCUT2D eigenvalue weighted by Crippen LogP contribution is 2.36. The highest BCUT2D eigenvalue weighted by Gasteiger charge is 2.38. The Bertz CT molecular complexity index is 170. The van der Waals surface area contributed by atoms with Crippen molar-refractivity contribution in [2.24, 2.45) is 5.73 Å². The molecule has 0 aromatic heterocycles. The zero-order chi connectivity index (χ0) is 11.2. The van der Waals surface area contributed by atoms with Crippen LogP contribution in [0.4, 0.5) is 0 Å². The van der Waals surface area contributed by atoms with Crippen molar-refractivity contribution in [2.75, 3.05) is 0 Å². The summed E-state index contributed by atoms with van der Waals surface area (Å²) in [6, 6.07) is 3.56. The summed E-state index contributed by atoms with van der Waals surface area (Å²) < 4.78 is 0. The molecular formula is C11H25NOSi. The second-order valence-electron chi connectivity index (χ2n) is 4.17. The van der Waals surface area contributed by atoms with Crippen LogP contribution in [0.25, 0.3) is 0 Å². The molecule has 0 aliphatic carbocycles. The molecule has 1 atom stereocenters. The lowest BCUT2D eigenvalue weighted by atomic mass is 10.2. The monoisotopic (exact) mass is 215 g/mol. The second-order valence-corrected chi connectivity index (χ2v) is 9.71. The number of primary amides is 1. The van der Waals surface area contributed by atoms with E-state index in [4.69, 9.17) is 5.73 Å². The summed E-state index contributed by atoms with van der Waals surface area (Å²) in [7, 11) is -1.41. The zero-order valence-electron chi connectivity index (χ0n) is 10.1. The number of hydrogen-bond donors (Lipinski definition) is 1. The molecule has 2 nitrogen and oxygen atoms in total. The molecule has 0 heterocycles. The lowest BCUT2D eigenvalue weighted by molar-refractivity contribution is -0.118. The summed E-state index contributed by atoms with van der Waals surface area (Å²) in [6.07, 6.45) is 2.07. The number of hydrogen-bond acceptors (Lipinski definition) is 1. The Balaban J connectivity index is 4.79. The van der Waals surface area contributed by atoms with Gasteiger partial charge in [-0.2, -0.15) is 0 Å². The molecule has 0 spiro atoms. The Morgan fingerprint density at radius 3 is 1.79 bits per heavy atom. The molecule has 0 aromatic rings. The molecule has 1 amide bonds. The third kappa shape index (κ3) is 2.84. The molecule has 1 unspecified atom stereocenters. The third-order valence-electron chi connectivity index (χ3n) is 3.77. The van der Waals surface area contributed by atoms with Crippen molar-refractivity contribution < 1.29 is 4.79 Å². The fourth-order valence-corrected chi connectivity index (χ4v) is 7.01. The lowest BCUT2D eigenvalue weighted by Gasteiger charge is -2.35. The van der Waals surface area contributed by atoms with E-state index in [-0.39, 0.29) is 11.4 Å². The first kappa shape index (κ1) is 13.7. The van der Waals surface area contributed by atoms with Gasteiger partial charge in [0.1, 0.15) is 0 Å². The smallest absolute Gasteiger partial charge is 0.217 e. The Morgan fingerprint density at radius 1 is 1.14 bits per heavy atom. The molecule has 14 heavy (non-hydrogen) atoms. The summed E-state index contributed by atoms with van der Waals surface area (Å²) in [6.45, 7) is 8.82. The Morgan fingerprint density at radius 2 is 1.57 bits per heavy atom. The minimum atomic E-state index is -1.41. The average molecular weight is 215 g/mol. The van der Waals surface area contributed by atoms with Gasteiger partial charge in [0, 0.05) is 5.54 Å². The molecular weight excluding hydrogens is 190 g/mol. The van der Waals surface area contributed by atoms with Gasteiger partial charge in [0.25, 0.3) is 0 Å². The van der Waals surface area contributed by atoms with Gasteiger partial charge in [-0.1, -0.05) is 52.2 Å². The largest absolute Gasteiger partial charge is 0.370 e. The highest BCUT2D eigenvalue weighted by atomic mass is 28.3. The minimum Gasteiger partial charge on any atom is -0.370 e. The standard InChI is InChI=1S/C11H25NOSi/c1-5-9-10(11(12)13)14(6-2,7-3)8-4/h10H,5-9H2,1-4H3,(H2,12,13). The van der Waals surface area contributed by atoms with Gasteiger partial charge in [-0.05, 0) is 6.42 Å². The van der Waals surface area contributed by atoms with Crippen LogP contribution in [0.5, 0.6) is 0 Å². The topological polar surface area (TPSA) is 43.1 Å². The number of amides is 1. The molecule has 0 rings (SSSR count). The van der Waals surface area contributed by atoms with Gasteiger partial charge < -0.3 is 5.73 Å². The molecule has 0 aliphatic heterocycles. The zero-order valence-corrected chi connectivity index (χ0v) is 11.1. The van der Waals surface area contributed by atoms with Gasteiger partial charge in [-0.25, -0.2) is 0 Å². The van der Waals surface area contributed by atoms with Gasteiger partial charge in [-0.3, -0.25) is 4.79 Å². The van der Waals surface area contributed by atoms with Crippen LogP contribution in [0.3, 0.4) is 0 Å². The van der Waals surface area contributed by atoms with Gasteiger partial charge in [0.15, 0.2) is 0 Å². The first-order chi connectivity index (χ1) is 6.57. The van der Waals surface area contributed by atoms with Crippen LogP contribution in [0.1, 0.15) is 40.5 Å². The third-order valence-corrected chi connectivity index (χ3v) is 10.0. The van der Waals surface area contributed by atoms with Crippen molar-refractivity contribution in [2.45, 2.75) is 64.2 Å². The predicted molar refractivity (Wildman–Crippen MR) is 65.0 cm³/mol. The van der Waals surface area contributed by atoms with Gasteiger partial charge >= 0.3 is 0 Å². The van der Waals surface area contributed by atoms with Crippen LogP contribution in [-0.4, -0.2) is 14.0 Å². The highest BCUT2D eigenvalue weighted by molar-refractivity contribution is 6.83. The van der Waals surface area contributed by atoms with Crippen LogP contribution in [-0.2, 0) is 4.79 Å². The van der Waals surface area contributed by atoms with Crippen molar-refractivity contribution in [1.29, 1.82) is 0 Å². The Hall–Kier alpha value is -0.313. The normalized spacial score (nSPS) is 14.0. The van der Waals surface area contributed by atoms with Gasteiger partial charge in [0.05, 0.1) is 8.07 Å². The number of nitrogens with two attached hydrogens (primary N) is 1. The summed E-state index contributed by atoms with van der Waals surface area (Å²) in [4.78, 5) is 11.5. The van der Waals surface area contributed by atoms with E-state index in [0.29, 0.717) is 0 Å². The SMILES string of the molecule is CCCC(C(N)=O)[Si](CC)(CC)CC. The molecule has 0 radical (unpaired) electrons. The molecule has 3 heteroatoms. The van der Waals surface area contributed by atoms with E-state index in [1.54, 1.807) is 0 Å². The predicted octanol–water partition coefficient (Wildman–Crippen LogP) is 3.15. The molecule has 2 N–H and O–H groups in total. The van der Waals surface area contributed by atoms with Crippen molar-refractivity contribution in [3.63, 3.8) is 0 Å². The molecule has 0 saturated carbocycles. The average Bonchev–Trinajstić information content (AvgIpc) is 2.19. The van der Waals surface area contributed by atoms with Crippen LogP contribution < -0.4 is 5.73 Å². The number of carbonyl (C=O) groups is 1. The minimum absolute atomic E-state index is 0.0518. The van der Waals surface area contributed by atoms with E-state index in [1.807, 2.05) is 0 Å². The van der Waals surface area contributed by atoms with E-state index < -0.39 is 8.07 Å². The van der Waals surface area contributed by atoms with Crippen LogP contribution >= 0.6 is 0 Å². The summed E-state index contributed by atoms with van der Waals surface area (Å²) >= 11 is 0. The van der Waals surface area contributed by atoms with E-state index in [9.17, 15) is 4.79 Å². The summed E-state index contributed by atoms with van der Waals surface area (Å²) in [5, 5.41) is 0. The fraction of sp³-hybridized carbons (Fsp3) is 0.909. The molecule has 0 saturated heterocycles. The van der Waals surface area contributed by atoms with Gasteiger partial charge in [0.2, 0.25) is 5.91 Å². The van der Waals surface area contributed by atoms with Crippen molar-refractivity contribution in [1.82, 2.24) is 0 Å². The van der Waals surface area contributed by atoms with Crippen LogP contribution in [0.15, 0.2) is 0 Å². The second kappa shape index (κ2) is 6.22. The maximum absolute atomic E-state index is 11.5. The molecule has 0 bridgehead atoms. The first-order valence-corrected chi connectivity index (χ1v) is 8.57. The van der Waals surface area contributed by atoms with E-state index in [0.717, 1.165) is 12.8 Å². The van der Waals surface area contributed by atoms with Crippen molar-refractivity contribution >= 4 is 14.0 Å². The Labute approximate surface area is 89.3 Å². The lowest BCUT2D eigenvalue weighted by Crippen LogP contribution is -2.43. The van der Waals surface area contributed by atoms with E-state index >= 15 is 0 Å². The first-order valence-electron chi connectivity index (χ1n) is 5.87. The van der Waals surface area contributed by atoms with E-state index in [1.165, 1.54) is 18.1 Å². The quantitative estimate of drug-likeness (QED) is 0.651. The van der Waals surface area contributed by atoms with Crippen molar-refractivity contribution in [3.8, 4) is 0 Å². The number of carbonyl (C=O) groups excluding carboxylic acids is 1. The number of rotatable bonds is 7. The van der Waals surface area contributed by atoms with Gasteiger partial charge in [-0.15, -0.1) is 0 Å². The summed E-state index contributed by atoms with van der Waals surface area (Å²) in [5.74, 6) is -0.0518. The maximum atomic E-state index is 11.5. The van der Waals surface area contributed by atoms with Crippen molar-refractivity contribution in [3.05, 3.63) is 0 Å².